The number of hydrogen-bond donors (Lipinski definition) is 1. The Balaban J connectivity index is 1.63. The number of piperidine rings is 1. The Morgan fingerprint density at radius 2 is 2.16 bits per heavy atom. The molecule has 19 heavy (non-hydrogen) atoms. The van der Waals surface area contributed by atoms with Gasteiger partial charge in [-0.3, -0.25) is 4.79 Å². The van der Waals surface area contributed by atoms with E-state index in [9.17, 15) is 4.79 Å². The van der Waals surface area contributed by atoms with Gasteiger partial charge < -0.3 is 10.2 Å². The molecule has 0 radical (unpaired) electrons. The fourth-order valence-corrected chi connectivity index (χ4v) is 2.51. The van der Waals surface area contributed by atoms with E-state index in [2.05, 4.69) is 20.4 Å². The van der Waals surface area contributed by atoms with Crippen molar-refractivity contribution in [3.05, 3.63) is 17.8 Å². The van der Waals surface area contributed by atoms with Crippen LogP contribution in [0.4, 0.5) is 5.82 Å². The average molecular weight is 260 g/mol. The van der Waals surface area contributed by atoms with Crippen LogP contribution in [-0.2, 0) is 4.79 Å². The Morgan fingerprint density at radius 1 is 1.32 bits per heavy atom. The number of aryl methyl sites for hydroxylation is 1. The molecule has 1 N–H and O–H groups in total. The van der Waals surface area contributed by atoms with E-state index in [0.29, 0.717) is 6.04 Å². The maximum Gasteiger partial charge on any atom is 0.225 e. The van der Waals surface area contributed by atoms with Gasteiger partial charge in [-0.15, -0.1) is 5.10 Å². The lowest BCUT2D eigenvalue weighted by Crippen LogP contribution is -2.44. The lowest BCUT2D eigenvalue weighted by atomic mass is 9.97. The molecule has 5 heteroatoms. The van der Waals surface area contributed by atoms with E-state index in [1.165, 1.54) is 0 Å². The molecule has 1 aromatic heterocycles. The average Bonchev–Trinajstić information content (AvgIpc) is 3.24. The molecule has 1 aromatic rings. The number of carbonyl (C=O) groups is 1. The Morgan fingerprint density at radius 3 is 2.84 bits per heavy atom. The molecule has 2 fully saturated rings. The Hall–Kier alpha value is -1.65. The number of nitrogens with one attached hydrogen (secondary N) is 1. The van der Waals surface area contributed by atoms with Crippen molar-refractivity contribution < 1.29 is 4.79 Å². The second kappa shape index (κ2) is 5.15. The maximum absolute atomic E-state index is 12.1. The molecule has 1 saturated carbocycles. The lowest BCUT2D eigenvalue weighted by molar-refractivity contribution is -0.125. The quantitative estimate of drug-likeness (QED) is 0.889. The summed E-state index contributed by atoms with van der Waals surface area (Å²) in [6.45, 7) is 3.65. The van der Waals surface area contributed by atoms with Crippen LogP contribution in [0.25, 0.3) is 0 Å². The third-order valence-electron chi connectivity index (χ3n) is 3.82. The fourth-order valence-electron chi connectivity index (χ4n) is 2.51. The van der Waals surface area contributed by atoms with Gasteiger partial charge in [0.05, 0.1) is 11.6 Å². The number of carbonyl (C=O) groups excluding carboxylic acids is 1. The van der Waals surface area contributed by atoms with Crippen molar-refractivity contribution in [2.75, 3.05) is 18.0 Å². The summed E-state index contributed by atoms with van der Waals surface area (Å²) in [6, 6.07) is 4.40. The van der Waals surface area contributed by atoms with Gasteiger partial charge in [0.2, 0.25) is 5.91 Å². The SMILES string of the molecule is Cc1ccc(N2CCCC(C(=O)NC3CC3)C2)nn1. The molecule has 1 amide bonds. The zero-order valence-corrected chi connectivity index (χ0v) is 11.3. The molecule has 0 bridgehead atoms. The van der Waals surface area contributed by atoms with Crippen LogP contribution in [0.5, 0.6) is 0 Å². The fraction of sp³-hybridized carbons (Fsp3) is 0.643. The van der Waals surface area contributed by atoms with Gasteiger partial charge in [-0.25, -0.2) is 0 Å². The Labute approximate surface area is 113 Å². The predicted octanol–water partition coefficient (Wildman–Crippen LogP) is 1.28. The van der Waals surface area contributed by atoms with Crippen molar-refractivity contribution in [1.82, 2.24) is 15.5 Å². The lowest BCUT2D eigenvalue weighted by Gasteiger charge is -2.32. The minimum atomic E-state index is 0.0949. The molecule has 3 rings (SSSR count). The van der Waals surface area contributed by atoms with Crippen LogP contribution in [-0.4, -0.2) is 35.2 Å². The summed E-state index contributed by atoms with van der Waals surface area (Å²) in [5.41, 5.74) is 0.920. The van der Waals surface area contributed by atoms with Gasteiger partial charge in [0.25, 0.3) is 0 Å². The maximum atomic E-state index is 12.1. The summed E-state index contributed by atoms with van der Waals surface area (Å²) in [5, 5.41) is 11.4. The van der Waals surface area contributed by atoms with Crippen LogP contribution in [0, 0.1) is 12.8 Å². The van der Waals surface area contributed by atoms with Gasteiger partial charge in [0, 0.05) is 19.1 Å². The van der Waals surface area contributed by atoms with Gasteiger partial charge in [0.1, 0.15) is 0 Å². The summed E-state index contributed by atoms with van der Waals surface area (Å²) in [7, 11) is 0. The van der Waals surface area contributed by atoms with E-state index < -0.39 is 0 Å². The molecule has 5 nitrogen and oxygen atoms in total. The van der Waals surface area contributed by atoms with Crippen LogP contribution >= 0.6 is 0 Å². The largest absolute Gasteiger partial charge is 0.354 e. The predicted molar refractivity (Wildman–Crippen MR) is 72.9 cm³/mol. The van der Waals surface area contributed by atoms with Crippen molar-refractivity contribution in [2.24, 2.45) is 5.92 Å². The number of hydrogen-bond acceptors (Lipinski definition) is 4. The summed E-state index contributed by atoms with van der Waals surface area (Å²) >= 11 is 0. The second-order valence-electron chi connectivity index (χ2n) is 5.60. The number of nitrogens with zero attached hydrogens (tertiary/aromatic N) is 3. The first-order valence-electron chi connectivity index (χ1n) is 7.08. The minimum absolute atomic E-state index is 0.0949. The number of amides is 1. The Kier molecular flexibility index (Phi) is 3.36. The molecule has 2 aliphatic rings. The molecule has 0 aromatic carbocycles. The highest BCUT2D eigenvalue weighted by Crippen LogP contribution is 2.24. The third kappa shape index (κ3) is 3.03. The second-order valence-corrected chi connectivity index (χ2v) is 5.60. The zero-order chi connectivity index (χ0) is 13.2. The van der Waals surface area contributed by atoms with E-state index in [4.69, 9.17) is 0 Å². The highest BCUT2D eigenvalue weighted by atomic mass is 16.2. The molecular formula is C14H20N4O. The smallest absolute Gasteiger partial charge is 0.225 e. The van der Waals surface area contributed by atoms with Gasteiger partial charge in [-0.2, -0.15) is 5.10 Å². The molecule has 1 aliphatic carbocycles. The summed E-state index contributed by atoms with van der Waals surface area (Å²) in [5.74, 6) is 1.19. The highest BCUT2D eigenvalue weighted by molar-refractivity contribution is 5.80. The zero-order valence-electron chi connectivity index (χ0n) is 11.3. The number of rotatable bonds is 3. The first kappa shape index (κ1) is 12.4. The molecule has 102 valence electrons. The third-order valence-corrected chi connectivity index (χ3v) is 3.82. The molecule has 0 spiro atoms. The van der Waals surface area contributed by atoms with Crippen molar-refractivity contribution >= 4 is 11.7 Å². The van der Waals surface area contributed by atoms with Gasteiger partial charge in [0.15, 0.2) is 5.82 Å². The summed E-state index contributed by atoms with van der Waals surface area (Å²) in [6.07, 6.45) is 4.31. The Bertz CT molecular complexity index is 455. The summed E-state index contributed by atoms with van der Waals surface area (Å²) in [4.78, 5) is 14.3. The van der Waals surface area contributed by atoms with Crippen LogP contribution < -0.4 is 10.2 Å². The van der Waals surface area contributed by atoms with Crippen LogP contribution in [0.2, 0.25) is 0 Å². The van der Waals surface area contributed by atoms with Gasteiger partial charge in [-0.05, 0) is 44.7 Å². The molecule has 1 saturated heterocycles. The summed E-state index contributed by atoms with van der Waals surface area (Å²) < 4.78 is 0. The minimum Gasteiger partial charge on any atom is -0.354 e. The van der Waals surface area contributed by atoms with Crippen LogP contribution in [0.3, 0.4) is 0 Å². The van der Waals surface area contributed by atoms with E-state index in [1.807, 2.05) is 19.1 Å². The highest BCUT2D eigenvalue weighted by Gasteiger charge is 2.30. The van der Waals surface area contributed by atoms with Crippen molar-refractivity contribution in [1.29, 1.82) is 0 Å². The van der Waals surface area contributed by atoms with E-state index in [-0.39, 0.29) is 11.8 Å². The monoisotopic (exact) mass is 260 g/mol. The number of anilines is 1. The van der Waals surface area contributed by atoms with E-state index >= 15 is 0 Å². The standard InChI is InChI=1S/C14H20N4O/c1-10-4-7-13(17-16-10)18-8-2-3-11(9-18)14(19)15-12-5-6-12/h4,7,11-12H,2-3,5-6,8-9H2,1H3,(H,15,19). The van der Waals surface area contributed by atoms with Crippen molar-refractivity contribution in [2.45, 2.75) is 38.6 Å². The van der Waals surface area contributed by atoms with E-state index in [1.54, 1.807) is 0 Å². The molecule has 1 unspecified atom stereocenters. The topological polar surface area (TPSA) is 58.1 Å². The number of aromatic nitrogens is 2. The first-order chi connectivity index (χ1) is 9.22. The van der Waals surface area contributed by atoms with Crippen LogP contribution in [0.1, 0.15) is 31.4 Å². The molecule has 1 aliphatic heterocycles. The van der Waals surface area contributed by atoms with E-state index in [0.717, 1.165) is 50.3 Å². The first-order valence-corrected chi connectivity index (χ1v) is 7.08. The van der Waals surface area contributed by atoms with Gasteiger partial charge >= 0.3 is 0 Å². The van der Waals surface area contributed by atoms with Crippen molar-refractivity contribution in [3.8, 4) is 0 Å². The molecular weight excluding hydrogens is 240 g/mol. The molecule has 1 atom stereocenters. The normalized spacial score (nSPS) is 23.2. The van der Waals surface area contributed by atoms with Crippen LogP contribution in [0.15, 0.2) is 12.1 Å². The van der Waals surface area contributed by atoms with Gasteiger partial charge in [-0.1, -0.05) is 0 Å². The molecule has 2 heterocycles. The van der Waals surface area contributed by atoms with Crippen molar-refractivity contribution in [3.63, 3.8) is 0 Å².